The predicted octanol–water partition coefficient (Wildman–Crippen LogP) is 6.82. The highest BCUT2D eigenvalue weighted by atomic mass is 35.5. The van der Waals surface area contributed by atoms with Crippen molar-refractivity contribution in [3.05, 3.63) is 116 Å². The van der Waals surface area contributed by atoms with Gasteiger partial charge in [0.1, 0.15) is 17.1 Å². The van der Waals surface area contributed by atoms with Gasteiger partial charge >= 0.3 is 0 Å². The minimum atomic E-state index is -0.434. The average molecular weight is 525 g/mol. The van der Waals surface area contributed by atoms with Gasteiger partial charge in [0.05, 0.1) is 22.0 Å². The van der Waals surface area contributed by atoms with E-state index in [1.807, 2.05) is 0 Å². The van der Waals surface area contributed by atoms with E-state index in [0.29, 0.717) is 49.9 Å². The second kappa shape index (κ2) is 9.13. The average Bonchev–Trinajstić information content (AvgIpc) is 3.55. The van der Waals surface area contributed by atoms with Crippen LogP contribution in [0.1, 0.15) is 11.3 Å². The minimum Gasteiger partial charge on any atom is -0.455 e. The Hall–Kier alpha value is -5.02. The lowest BCUT2D eigenvalue weighted by atomic mass is 10.1. The number of furan rings is 2. The third-order valence-electron chi connectivity index (χ3n) is 6.07. The molecule has 3 heterocycles. The van der Waals surface area contributed by atoms with Crippen molar-refractivity contribution in [2.75, 3.05) is 0 Å². The minimum absolute atomic E-state index is 0.000304. The van der Waals surface area contributed by atoms with Crippen LogP contribution in [-0.4, -0.2) is 20.8 Å². The van der Waals surface area contributed by atoms with Crippen LogP contribution in [0.15, 0.2) is 97.6 Å². The third-order valence-corrected chi connectivity index (χ3v) is 6.31. The maximum atomic E-state index is 13.4. The molecule has 10 heteroatoms. The highest BCUT2D eigenvalue weighted by Gasteiger charge is 2.17. The SMILES string of the molecule is Cc1ccc(-c2ccc(C=Nn3c(-c4cc5cc(Cl)ccc5o4)nc4ccccc4c3=O)o2)cc1[N+](=O)[O-]. The fraction of sp³-hybridized carbons (Fsp3) is 0.0357. The van der Waals surface area contributed by atoms with Crippen molar-refractivity contribution in [2.45, 2.75) is 6.92 Å². The Morgan fingerprint density at radius 1 is 1.00 bits per heavy atom. The summed E-state index contributed by atoms with van der Waals surface area (Å²) in [7, 11) is 0. The van der Waals surface area contributed by atoms with Gasteiger partial charge in [0, 0.05) is 27.6 Å². The van der Waals surface area contributed by atoms with E-state index in [1.165, 1.54) is 12.3 Å². The molecule has 0 bridgehead atoms. The monoisotopic (exact) mass is 524 g/mol. The van der Waals surface area contributed by atoms with E-state index in [4.69, 9.17) is 20.4 Å². The molecule has 0 N–H and O–H groups in total. The van der Waals surface area contributed by atoms with Crippen molar-refractivity contribution in [3.63, 3.8) is 0 Å². The number of halogens is 1. The standard InChI is InChI=1S/C28H17ClN4O5/c1-16-6-7-17(13-23(16)33(35)36)24-11-9-20(37-24)15-30-32-27(31-22-5-3-2-4-21(22)28(32)34)26-14-18-12-19(29)8-10-25(18)38-26/h2-15H,1H3. The molecule has 0 spiro atoms. The Morgan fingerprint density at radius 2 is 1.84 bits per heavy atom. The van der Waals surface area contributed by atoms with Crippen molar-refractivity contribution in [2.24, 2.45) is 5.10 Å². The highest BCUT2D eigenvalue weighted by molar-refractivity contribution is 6.31. The molecule has 0 atom stereocenters. The van der Waals surface area contributed by atoms with Crippen molar-refractivity contribution in [3.8, 4) is 22.9 Å². The van der Waals surface area contributed by atoms with Gasteiger partial charge in [0.15, 0.2) is 5.76 Å². The Kier molecular flexibility index (Phi) is 5.62. The zero-order valence-electron chi connectivity index (χ0n) is 19.8. The number of nitro groups is 1. The number of nitrogens with zero attached hydrogens (tertiary/aromatic N) is 4. The van der Waals surface area contributed by atoms with E-state index < -0.39 is 4.92 Å². The van der Waals surface area contributed by atoms with E-state index in [9.17, 15) is 14.9 Å². The van der Waals surface area contributed by atoms with E-state index in [2.05, 4.69) is 10.1 Å². The van der Waals surface area contributed by atoms with Gasteiger partial charge in [-0.3, -0.25) is 14.9 Å². The van der Waals surface area contributed by atoms with Gasteiger partial charge in [-0.15, -0.1) is 0 Å². The highest BCUT2D eigenvalue weighted by Crippen LogP contribution is 2.30. The summed E-state index contributed by atoms with van der Waals surface area (Å²) in [5, 5.41) is 17.4. The number of fused-ring (bicyclic) bond motifs is 2. The van der Waals surface area contributed by atoms with Gasteiger partial charge in [0.25, 0.3) is 11.2 Å². The van der Waals surface area contributed by atoms with Crippen LogP contribution in [0.4, 0.5) is 5.69 Å². The summed E-state index contributed by atoms with van der Waals surface area (Å²) in [5.41, 5.74) is 1.80. The second-order valence-electron chi connectivity index (χ2n) is 8.57. The van der Waals surface area contributed by atoms with Crippen molar-refractivity contribution in [1.29, 1.82) is 0 Å². The van der Waals surface area contributed by atoms with Crippen molar-refractivity contribution in [1.82, 2.24) is 9.66 Å². The first kappa shape index (κ1) is 23.4. The van der Waals surface area contributed by atoms with Crippen LogP contribution < -0.4 is 5.56 Å². The molecule has 38 heavy (non-hydrogen) atoms. The smallest absolute Gasteiger partial charge is 0.282 e. The number of nitro benzene ring substituents is 1. The van der Waals surface area contributed by atoms with Crippen LogP contribution in [0, 0.1) is 17.0 Å². The van der Waals surface area contributed by atoms with Crippen LogP contribution in [0.3, 0.4) is 0 Å². The molecule has 0 unspecified atom stereocenters. The maximum Gasteiger partial charge on any atom is 0.282 e. The number of para-hydroxylation sites is 1. The summed E-state index contributed by atoms with van der Waals surface area (Å²) in [6.07, 6.45) is 1.38. The number of hydrogen-bond acceptors (Lipinski definition) is 7. The summed E-state index contributed by atoms with van der Waals surface area (Å²) < 4.78 is 13.0. The zero-order chi connectivity index (χ0) is 26.4. The first-order valence-electron chi connectivity index (χ1n) is 11.5. The van der Waals surface area contributed by atoms with Gasteiger partial charge in [-0.05, 0) is 55.5 Å². The van der Waals surface area contributed by atoms with Crippen LogP contribution in [0.2, 0.25) is 5.02 Å². The van der Waals surface area contributed by atoms with Gasteiger partial charge < -0.3 is 8.83 Å². The molecule has 6 aromatic rings. The summed E-state index contributed by atoms with van der Waals surface area (Å²) in [6, 6.07) is 22.1. The number of hydrogen-bond donors (Lipinski definition) is 0. The second-order valence-corrected chi connectivity index (χ2v) is 9.00. The summed E-state index contributed by atoms with van der Waals surface area (Å²) >= 11 is 6.12. The molecule has 186 valence electrons. The maximum absolute atomic E-state index is 13.4. The van der Waals surface area contributed by atoms with E-state index in [0.717, 1.165) is 10.1 Å². The Bertz CT molecular complexity index is 1970. The van der Waals surface area contributed by atoms with Gasteiger partial charge in [-0.25, -0.2) is 4.98 Å². The van der Waals surface area contributed by atoms with Crippen molar-refractivity contribution < 1.29 is 13.8 Å². The molecular weight excluding hydrogens is 508 g/mol. The number of aryl methyl sites for hydroxylation is 1. The Labute approximate surface area is 219 Å². The van der Waals surface area contributed by atoms with Gasteiger partial charge in [-0.2, -0.15) is 9.78 Å². The van der Waals surface area contributed by atoms with Gasteiger partial charge in [0.2, 0.25) is 5.82 Å². The zero-order valence-corrected chi connectivity index (χ0v) is 20.5. The van der Waals surface area contributed by atoms with Crippen LogP contribution >= 0.6 is 11.6 Å². The topological polar surface area (TPSA) is 117 Å². The lowest BCUT2D eigenvalue weighted by molar-refractivity contribution is -0.385. The molecule has 0 aliphatic heterocycles. The fourth-order valence-electron chi connectivity index (χ4n) is 4.17. The summed E-state index contributed by atoms with van der Waals surface area (Å²) in [4.78, 5) is 29.0. The molecule has 3 aromatic heterocycles. The molecule has 0 aliphatic carbocycles. The Morgan fingerprint density at radius 3 is 2.68 bits per heavy atom. The van der Waals surface area contributed by atoms with Crippen LogP contribution in [-0.2, 0) is 0 Å². The molecule has 9 nitrogen and oxygen atoms in total. The molecule has 0 aliphatic rings. The number of benzene rings is 3. The molecule has 0 saturated heterocycles. The molecule has 3 aromatic carbocycles. The normalized spacial score (nSPS) is 11.6. The van der Waals surface area contributed by atoms with Crippen LogP contribution in [0.25, 0.3) is 44.8 Å². The van der Waals surface area contributed by atoms with Crippen LogP contribution in [0.5, 0.6) is 0 Å². The molecular formula is C28H17ClN4O5. The summed E-state index contributed by atoms with van der Waals surface area (Å²) in [6.45, 7) is 1.67. The number of rotatable bonds is 5. The molecule has 0 saturated carbocycles. The molecule has 6 rings (SSSR count). The van der Waals surface area contributed by atoms with E-state index in [1.54, 1.807) is 79.7 Å². The Balaban J connectivity index is 1.44. The largest absolute Gasteiger partial charge is 0.455 e. The third kappa shape index (κ3) is 4.14. The lowest BCUT2D eigenvalue weighted by Gasteiger charge is -2.06. The molecule has 0 amide bonds. The van der Waals surface area contributed by atoms with Crippen molar-refractivity contribution >= 4 is 45.4 Å². The fourth-order valence-corrected chi connectivity index (χ4v) is 4.35. The summed E-state index contributed by atoms with van der Waals surface area (Å²) in [5.74, 6) is 1.31. The first-order chi connectivity index (χ1) is 18.4. The molecule has 0 fully saturated rings. The lowest BCUT2D eigenvalue weighted by Crippen LogP contribution is -2.20. The van der Waals surface area contributed by atoms with E-state index >= 15 is 0 Å². The number of aromatic nitrogens is 2. The quantitative estimate of drug-likeness (QED) is 0.139. The first-order valence-corrected chi connectivity index (χ1v) is 11.9. The van der Waals surface area contributed by atoms with E-state index in [-0.39, 0.29) is 17.1 Å². The predicted molar refractivity (Wildman–Crippen MR) is 145 cm³/mol. The van der Waals surface area contributed by atoms with Gasteiger partial charge in [-0.1, -0.05) is 35.9 Å². The molecule has 0 radical (unpaired) electrons.